The molecule has 0 spiro atoms. The van der Waals surface area contributed by atoms with Crippen molar-refractivity contribution in [2.24, 2.45) is 0 Å². The van der Waals surface area contributed by atoms with Gasteiger partial charge < -0.3 is 9.88 Å². The number of anilines is 1. The van der Waals surface area contributed by atoms with E-state index in [0.717, 1.165) is 11.1 Å². The second-order valence-electron chi connectivity index (χ2n) is 7.20. The maximum atomic E-state index is 13.1. The van der Waals surface area contributed by atoms with Crippen LogP contribution in [0.5, 0.6) is 0 Å². The summed E-state index contributed by atoms with van der Waals surface area (Å²) in [6.07, 6.45) is 1.57. The molecule has 164 valence electrons. The van der Waals surface area contributed by atoms with Crippen molar-refractivity contribution in [3.05, 3.63) is 93.6 Å². The summed E-state index contributed by atoms with van der Waals surface area (Å²) in [4.78, 5) is 12.6. The first kappa shape index (κ1) is 22.7. The summed E-state index contributed by atoms with van der Waals surface area (Å²) in [6, 6.07) is 19.1. The monoisotopic (exact) mass is 506 g/mol. The van der Waals surface area contributed by atoms with Crippen molar-refractivity contribution >= 4 is 67.1 Å². The van der Waals surface area contributed by atoms with E-state index in [1.165, 1.54) is 12.1 Å². The topological polar surface area (TPSA) is 68.2 Å². The molecule has 5 nitrogen and oxygen atoms in total. The van der Waals surface area contributed by atoms with E-state index >= 15 is 0 Å². The number of aromatic nitrogens is 1. The SMILES string of the molecule is O=C(CS(=O)(=O)c1cn(Cc2ccc(Cl)cc2)c2ccccc12)Nc1ccc(Cl)c(Cl)c1. The van der Waals surface area contributed by atoms with Gasteiger partial charge in [0.25, 0.3) is 0 Å². The lowest BCUT2D eigenvalue weighted by atomic mass is 10.2. The number of hydrogen-bond acceptors (Lipinski definition) is 3. The van der Waals surface area contributed by atoms with Gasteiger partial charge in [-0.2, -0.15) is 0 Å². The first-order chi connectivity index (χ1) is 15.2. The van der Waals surface area contributed by atoms with Crippen LogP contribution in [0.25, 0.3) is 10.9 Å². The molecule has 3 aromatic carbocycles. The molecule has 1 aromatic heterocycles. The number of benzene rings is 3. The van der Waals surface area contributed by atoms with Crippen molar-refractivity contribution in [3.63, 3.8) is 0 Å². The third-order valence-electron chi connectivity index (χ3n) is 4.88. The first-order valence-corrected chi connectivity index (χ1v) is 12.3. The highest BCUT2D eigenvalue weighted by Gasteiger charge is 2.24. The molecule has 0 saturated heterocycles. The number of carbonyl (C=O) groups excluding carboxylic acids is 1. The Hall–Kier alpha value is -2.51. The van der Waals surface area contributed by atoms with Gasteiger partial charge in [-0.3, -0.25) is 4.79 Å². The van der Waals surface area contributed by atoms with Crippen LogP contribution >= 0.6 is 34.8 Å². The minimum Gasteiger partial charge on any atom is -0.342 e. The number of amides is 1. The largest absolute Gasteiger partial charge is 0.342 e. The molecule has 0 aliphatic rings. The van der Waals surface area contributed by atoms with E-state index < -0.39 is 21.5 Å². The summed E-state index contributed by atoms with van der Waals surface area (Å²) in [5.74, 6) is -1.37. The second kappa shape index (κ2) is 9.16. The van der Waals surface area contributed by atoms with Gasteiger partial charge in [-0.05, 0) is 42.0 Å². The van der Waals surface area contributed by atoms with Crippen LogP contribution < -0.4 is 5.32 Å². The highest BCUT2D eigenvalue weighted by Crippen LogP contribution is 2.28. The normalized spacial score (nSPS) is 11.6. The zero-order valence-electron chi connectivity index (χ0n) is 16.6. The number of rotatable bonds is 6. The number of para-hydroxylation sites is 1. The minimum atomic E-state index is -3.92. The zero-order valence-corrected chi connectivity index (χ0v) is 19.6. The lowest BCUT2D eigenvalue weighted by molar-refractivity contribution is -0.113. The van der Waals surface area contributed by atoms with Gasteiger partial charge in [-0.25, -0.2) is 8.42 Å². The predicted octanol–water partition coefficient (Wildman–Crippen LogP) is 6.06. The quantitative estimate of drug-likeness (QED) is 0.345. The van der Waals surface area contributed by atoms with E-state index in [4.69, 9.17) is 34.8 Å². The summed E-state index contributed by atoms with van der Waals surface area (Å²) in [6.45, 7) is 0.461. The number of fused-ring (bicyclic) bond motifs is 1. The Bertz CT molecular complexity index is 1410. The number of sulfone groups is 1. The van der Waals surface area contributed by atoms with Crippen molar-refractivity contribution in [2.45, 2.75) is 11.4 Å². The highest BCUT2D eigenvalue weighted by atomic mass is 35.5. The van der Waals surface area contributed by atoms with Gasteiger partial charge >= 0.3 is 0 Å². The molecule has 1 N–H and O–H groups in total. The molecular formula is C23H17Cl3N2O3S. The maximum absolute atomic E-state index is 13.1. The molecule has 1 heterocycles. The Balaban J connectivity index is 1.62. The fourth-order valence-electron chi connectivity index (χ4n) is 3.40. The van der Waals surface area contributed by atoms with Crippen molar-refractivity contribution < 1.29 is 13.2 Å². The Kier molecular flexibility index (Phi) is 6.49. The molecule has 0 unspecified atom stereocenters. The van der Waals surface area contributed by atoms with Crippen LogP contribution in [-0.4, -0.2) is 24.6 Å². The van der Waals surface area contributed by atoms with E-state index in [0.29, 0.717) is 27.7 Å². The lowest BCUT2D eigenvalue weighted by Crippen LogP contribution is -2.23. The van der Waals surface area contributed by atoms with E-state index in [-0.39, 0.29) is 9.92 Å². The fraction of sp³-hybridized carbons (Fsp3) is 0.0870. The summed E-state index contributed by atoms with van der Waals surface area (Å²) in [7, 11) is -3.92. The van der Waals surface area contributed by atoms with Gasteiger partial charge in [-0.15, -0.1) is 0 Å². The molecule has 1 amide bonds. The number of hydrogen-bond donors (Lipinski definition) is 1. The van der Waals surface area contributed by atoms with Crippen molar-refractivity contribution in [1.29, 1.82) is 0 Å². The van der Waals surface area contributed by atoms with E-state index in [1.807, 2.05) is 28.8 Å². The Morgan fingerprint density at radius 3 is 2.34 bits per heavy atom. The minimum absolute atomic E-state index is 0.103. The zero-order chi connectivity index (χ0) is 22.9. The molecule has 0 fully saturated rings. The third-order valence-corrected chi connectivity index (χ3v) is 7.51. The number of nitrogens with zero attached hydrogens (tertiary/aromatic N) is 1. The molecule has 4 aromatic rings. The van der Waals surface area contributed by atoms with E-state index in [2.05, 4.69) is 5.32 Å². The molecule has 32 heavy (non-hydrogen) atoms. The van der Waals surface area contributed by atoms with Gasteiger partial charge in [0.2, 0.25) is 5.91 Å². The Labute approximate surface area is 200 Å². The molecule has 4 rings (SSSR count). The van der Waals surface area contributed by atoms with Gasteiger partial charge in [0.05, 0.1) is 14.9 Å². The number of carbonyl (C=O) groups is 1. The van der Waals surface area contributed by atoms with Gasteiger partial charge in [0.1, 0.15) is 5.75 Å². The van der Waals surface area contributed by atoms with Gasteiger partial charge in [0, 0.05) is 34.4 Å². The molecule has 0 aliphatic heterocycles. The third kappa shape index (κ3) is 4.94. The molecule has 0 atom stereocenters. The summed E-state index contributed by atoms with van der Waals surface area (Å²) in [5, 5.41) is 4.34. The van der Waals surface area contributed by atoms with E-state index in [1.54, 1.807) is 36.5 Å². The molecule has 0 aliphatic carbocycles. The second-order valence-corrected chi connectivity index (χ2v) is 10.4. The predicted molar refractivity (Wildman–Crippen MR) is 130 cm³/mol. The van der Waals surface area contributed by atoms with Crippen LogP contribution in [0, 0.1) is 0 Å². The number of nitrogens with one attached hydrogen (secondary N) is 1. The molecule has 9 heteroatoms. The Morgan fingerprint density at radius 1 is 0.906 bits per heavy atom. The molecular weight excluding hydrogens is 491 g/mol. The summed E-state index contributed by atoms with van der Waals surface area (Å²) < 4.78 is 28.1. The molecule has 0 saturated carbocycles. The van der Waals surface area contributed by atoms with Crippen molar-refractivity contribution in [1.82, 2.24) is 4.57 Å². The lowest BCUT2D eigenvalue weighted by Gasteiger charge is -2.07. The fourth-order valence-corrected chi connectivity index (χ4v) is 5.19. The maximum Gasteiger partial charge on any atom is 0.239 e. The molecule has 0 bridgehead atoms. The van der Waals surface area contributed by atoms with Crippen LogP contribution in [0.3, 0.4) is 0 Å². The average Bonchev–Trinajstić information content (AvgIpc) is 3.11. The van der Waals surface area contributed by atoms with E-state index in [9.17, 15) is 13.2 Å². The van der Waals surface area contributed by atoms with Crippen LogP contribution in [-0.2, 0) is 21.2 Å². The average molecular weight is 508 g/mol. The Morgan fingerprint density at radius 2 is 1.62 bits per heavy atom. The van der Waals surface area contributed by atoms with Crippen LogP contribution in [0.15, 0.2) is 77.8 Å². The van der Waals surface area contributed by atoms with Crippen LogP contribution in [0.1, 0.15) is 5.56 Å². The van der Waals surface area contributed by atoms with Crippen molar-refractivity contribution in [2.75, 3.05) is 11.1 Å². The van der Waals surface area contributed by atoms with Gasteiger partial charge in [0.15, 0.2) is 9.84 Å². The molecule has 0 radical (unpaired) electrons. The standard InChI is InChI=1S/C23H17Cl3N2O3S/c24-16-7-5-15(6-8-16)12-28-13-22(18-3-1-2-4-21(18)28)32(30,31)14-23(29)27-17-9-10-19(25)20(26)11-17/h1-11,13H,12,14H2,(H,27,29). The van der Waals surface area contributed by atoms with Crippen molar-refractivity contribution in [3.8, 4) is 0 Å². The smallest absolute Gasteiger partial charge is 0.239 e. The van der Waals surface area contributed by atoms with Gasteiger partial charge in [-0.1, -0.05) is 65.1 Å². The van der Waals surface area contributed by atoms with Crippen LogP contribution in [0.2, 0.25) is 15.1 Å². The highest BCUT2D eigenvalue weighted by molar-refractivity contribution is 7.92. The summed E-state index contributed by atoms with van der Waals surface area (Å²) in [5.41, 5.74) is 2.09. The first-order valence-electron chi connectivity index (χ1n) is 9.53. The number of halogens is 3. The summed E-state index contributed by atoms with van der Waals surface area (Å²) >= 11 is 17.8. The van der Waals surface area contributed by atoms with Crippen LogP contribution in [0.4, 0.5) is 5.69 Å².